The molecule has 22 aliphatic heterocycles. The van der Waals surface area contributed by atoms with Gasteiger partial charge in [-0.15, -0.1) is 0 Å². The van der Waals surface area contributed by atoms with E-state index in [1.54, 1.807) is 0 Å². The van der Waals surface area contributed by atoms with Crippen molar-refractivity contribution < 1.29 is 37.9 Å². The van der Waals surface area contributed by atoms with Gasteiger partial charge in [0.25, 0.3) is 0 Å². The third-order valence-electron chi connectivity index (χ3n) is 12.5. The molecule has 0 atom stereocenters. The van der Waals surface area contributed by atoms with Crippen molar-refractivity contribution in [1.82, 2.24) is 0 Å². The predicted octanol–water partition coefficient (Wildman–Crippen LogP) is 13.7. The van der Waals surface area contributed by atoms with Crippen LogP contribution in [0.4, 0.5) is 0 Å². The van der Waals surface area contributed by atoms with Crippen LogP contribution < -0.4 is 0 Å². The summed E-state index contributed by atoms with van der Waals surface area (Å²) in [6, 6.07) is 67.5. The van der Waals surface area contributed by atoms with Crippen LogP contribution in [-0.4, -0.2) is 0 Å². The van der Waals surface area contributed by atoms with Crippen molar-refractivity contribution >= 4 is 0 Å². The standard InChI is InChI=1S/C64H64O8/c1-2-50-4-3-49(1)33-65-35-51-5-7-53(8-6-51)37-67-39-55-13-15-57(16-14-55)41-69-43-59-21-23-61(24-22-59)45-71-47-63-29-31-64(32-30-63)48-72-46-62-27-25-60(26-28-62)44-70-42-58-19-17-56(18-20-58)40-68-38-54-11-9-52(10-12-54)36-66-34-50/h1-32H,33-48H2. The summed E-state index contributed by atoms with van der Waals surface area (Å²) < 4.78 is 48.4. The van der Waals surface area contributed by atoms with Gasteiger partial charge in [0.2, 0.25) is 0 Å². The molecule has 0 amide bonds. The SMILES string of the molecule is c1cc2ccc1COCc1ccc(cc1)COCc1ccc(cc1)COCc1ccc(cc1)COCc1ccc(cc1)COCc1ccc(cc1)COCc1ccc(cc1)COCc1ccc(cc1)COC2. The third-order valence-corrected chi connectivity index (χ3v) is 12.5. The van der Waals surface area contributed by atoms with Gasteiger partial charge < -0.3 is 37.9 Å². The predicted molar refractivity (Wildman–Crippen MR) is 279 cm³/mol. The second kappa shape index (κ2) is 27.3. The van der Waals surface area contributed by atoms with E-state index in [-0.39, 0.29) is 0 Å². The van der Waals surface area contributed by atoms with E-state index in [2.05, 4.69) is 194 Å². The maximum Gasteiger partial charge on any atom is 0.0721 e. The lowest BCUT2D eigenvalue weighted by atomic mass is 10.1. The molecular weight excluding hydrogens is 897 g/mol. The number of hydrogen-bond acceptors (Lipinski definition) is 8. The monoisotopic (exact) mass is 960 g/mol. The molecule has 0 radical (unpaired) electrons. The summed E-state index contributed by atoms with van der Waals surface area (Å²) in [5.41, 5.74) is 18.1. The molecule has 0 unspecified atom stereocenters. The summed E-state index contributed by atoms with van der Waals surface area (Å²) in [5, 5.41) is 0. The summed E-state index contributed by atoms with van der Waals surface area (Å²) in [5.74, 6) is 0. The van der Waals surface area contributed by atoms with E-state index in [0.717, 1.165) is 89.0 Å². The van der Waals surface area contributed by atoms with Crippen molar-refractivity contribution in [3.8, 4) is 0 Å². The number of ether oxygens (including phenoxy) is 8. The first-order valence-electron chi connectivity index (χ1n) is 24.8. The largest absolute Gasteiger partial charge is 0.372 e. The van der Waals surface area contributed by atoms with Gasteiger partial charge >= 0.3 is 0 Å². The summed E-state index contributed by atoms with van der Waals surface area (Å²) in [7, 11) is 0. The maximum absolute atomic E-state index is 6.05. The lowest BCUT2D eigenvalue weighted by Crippen LogP contribution is -1.99. The fourth-order valence-electron chi connectivity index (χ4n) is 8.15. The lowest BCUT2D eigenvalue weighted by Gasteiger charge is -2.10. The molecule has 0 spiro atoms. The molecule has 8 nitrogen and oxygen atoms in total. The Balaban J connectivity index is 0.740. The molecule has 0 fully saturated rings. The first-order chi connectivity index (χ1) is 35.6. The lowest BCUT2D eigenvalue weighted by molar-refractivity contribution is 0.103. The molecule has 0 saturated heterocycles. The van der Waals surface area contributed by atoms with Crippen LogP contribution in [0.2, 0.25) is 0 Å². The Morgan fingerprint density at radius 3 is 0.222 bits per heavy atom. The highest BCUT2D eigenvalue weighted by molar-refractivity contribution is 5.28. The van der Waals surface area contributed by atoms with E-state index in [1.165, 1.54) is 0 Å². The van der Waals surface area contributed by atoms with E-state index in [0.29, 0.717) is 106 Å². The fraction of sp³-hybridized carbons (Fsp3) is 0.250. The summed E-state index contributed by atoms with van der Waals surface area (Å²) in [6.45, 7) is 8.71. The van der Waals surface area contributed by atoms with E-state index in [4.69, 9.17) is 37.9 Å². The maximum atomic E-state index is 6.05. The fourth-order valence-corrected chi connectivity index (χ4v) is 8.15. The average molecular weight is 961 g/mol. The molecule has 0 saturated carbocycles. The van der Waals surface area contributed by atoms with E-state index < -0.39 is 0 Å². The van der Waals surface area contributed by atoms with Gasteiger partial charge in [-0.3, -0.25) is 0 Å². The van der Waals surface area contributed by atoms with Crippen molar-refractivity contribution in [2.24, 2.45) is 0 Å². The molecule has 8 heteroatoms. The normalized spacial score (nSPS) is 15.6. The highest BCUT2D eigenvalue weighted by Gasteiger charge is 2.06. The molecule has 22 aliphatic rings. The zero-order valence-corrected chi connectivity index (χ0v) is 41.1. The van der Waals surface area contributed by atoms with Crippen LogP contribution in [0.1, 0.15) is 89.0 Å². The molecule has 0 aliphatic carbocycles. The highest BCUT2D eigenvalue weighted by atomic mass is 16.5. The number of hydrogen-bond donors (Lipinski definition) is 0. The van der Waals surface area contributed by atoms with Crippen molar-refractivity contribution in [2.45, 2.75) is 106 Å². The van der Waals surface area contributed by atoms with Crippen LogP contribution in [0.15, 0.2) is 194 Å². The Bertz CT molecular complexity index is 2010. The summed E-state index contributed by atoms with van der Waals surface area (Å²) in [4.78, 5) is 0. The third kappa shape index (κ3) is 16.8. The Morgan fingerprint density at radius 2 is 0.167 bits per heavy atom. The minimum Gasteiger partial charge on any atom is -0.372 e. The van der Waals surface area contributed by atoms with Gasteiger partial charge in [0.15, 0.2) is 0 Å². The summed E-state index contributed by atoms with van der Waals surface area (Å²) >= 11 is 0. The van der Waals surface area contributed by atoms with Gasteiger partial charge in [0.1, 0.15) is 0 Å². The first-order valence-corrected chi connectivity index (χ1v) is 24.8. The van der Waals surface area contributed by atoms with Gasteiger partial charge in [-0.2, -0.15) is 0 Å². The topological polar surface area (TPSA) is 73.8 Å². The second-order valence-corrected chi connectivity index (χ2v) is 18.5. The molecule has 72 heavy (non-hydrogen) atoms. The zero-order chi connectivity index (χ0) is 48.8. The minimum absolute atomic E-state index is 0.544. The number of benzene rings is 8. The average Bonchev–Trinajstić information content (AvgIpc) is 3.42. The van der Waals surface area contributed by atoms with Gasteiger partial charge in [0, 0.05) is 0 Å². The Morgan fingerprint density at radius 1 is 0.111 bits per heavy atom. The molecule has 0 N–H and O–H groups in total. The molecule has 16 bridgehead atoms. The van der Waals surface area contributed by atoms with Crippen molar-refractivity contribution in [1.29, 1.82) is 0 Å². The quantitative estimate of drug-likeness (QED) is 0.149. The molecular formula is C64H64O8. The van der Waals surface area contributed by atoms with Crippen molar-refractivity contribution in [2.75, 3.05) is 0 Å². The van der Waals surface area contributed by atoms with E-state index >= 15 is 0 Å². The van der Waals surface area contributed by atoms with Crippen molar-refractivity contribution in [3.63, 3.8) is 0 Å². The van der Waals surface area contributed by atoms with Crippen LogP contribution in [-0.2, 0) is 144 Å². The Kier molecular flexibility index (Phi) is 19.1. The van der Waals surface area contributed by atoms with Gasteiger partial charge in [-0.05, 0) is 89.0 Å². The molecule has 8 aromatic rings. The van der Waals surface area contributed by atoms with Crippen molar-refractivity contribution in [3.05, 3.63) is 283 Å². The Labute approximate surface area is 425 Å². The highest BCUT2D eigenvalue weighted by Crippen LogP contribution is 2.18. The second-order valence-electron chi connectivity index (χ2n) is 18.5. The van der Waals surface area contributed by atoms with Gasteiger partial charge in [-0.1, -0.05) is 194 Å². The first kappa shape index (κ1) is 50.4. The van der Waals surface area contributed by atoms with Crippen LogP contribution in [0.25, 0.3) is 0 Å². The van der Waals surface area contributed by atoms with Crippen LogP contribution >= 0.6 is 0 Å². The molecule has 8 aromatic carbocycles. The molecule has 22 heterocycles. The Hall–Kier alpha value is -6.56. The number of rotatable bonds is 0. The van der Waals surface area contributed by atoms with Crippen LogP contribution in [0, 0.1) is 0 Å². The van der Waals surface area contributed by atoms with Crippen LogP contribution in [0.3, 0.4) is 0 Å². The molecule has 0 aromatic heterocycles. The van der Waals surface area contributed by atoms with Gasteiger partial charge in [0.05, 0.1) is 106 Å². The van der Waals surface area contributed by atoms with Gasteiger partial charge in [-0.25, -0.2) is 0 Å². The molecule has 30 rings (SSSR count). The van der Waals surface area contributed by atoms with Crippen LogP contribution in [0.5, 0.6) is 0 Å². The van der Waals surface area contributed by atoms with E-state index in [1.807, 2.05) is 0 Å². The molecule has 368 valence electrons. The summed E-state index contributed by atoms with van der Waals surface area (Å²) in [6.07, 6.45) is 0. The minimum atomic E-state index is 0.544. The zero-order valence-electron chi connectivity index (χ0n) is 41.1. The smallest absolute Gasteiger partial charge is 0.0721 e. The van der Waals surface area contributed by atoms with E-state index in [9.17, 15) is 0 Å².